The molecule has 0 aliphatic rings. The normalized spacial score (nSPS) is 10.7. The minimum atomic E-state index is -0.865. The summed E-state index contributed by atoms with van der Waals surface area (Å²) in [7, 11) is 1.60. The number of aryl methyl sites for hydroxylation is 1. The van der Waals surface area contributed by atoms with Gasteiger partial charge in [-0.05, 0) is 44.2 Å². The van der Waals surface area contributed by atoms with Crippen LogP contribution in [-0.4, -0.2) is 35.0 Å². The Morgan fingerprint density at radius 2 is 1.73 bits per heavy atom. The molecule has 2 heterocycles. The van der Waals surface area contributed by atoms with Crippen LogP contribution in [0.25, 0.3) is 5.69 Å². The fourth-order valence-electron chi connectivity index (χ4n) is 3.04. The highest BCUT2D eigenvalue weighted by molar-refractivity contribution is 6.48. The monoisotopic (exact) mass is 466 g/mol. The molecule has 0 N–H and O–H groups in total. The lowest BCUT2D eigenvalue weighted by Gasteiger charge is -2.11. The van der Waals surface area contributed by atoms with Crippen LogP contribution in [0.2, 0.25) is 15.1 Å². The molecule has 3 aromatic rings. The number of pyridine rings is 1. The van der Waals surface area contributed by atoms with Gasteiger partial charge in [0.1, 0.15) is 5.75 Å². The average Bonchev–Trinajstić information content (AvgIpc) is 3.04. The lowest BCUT2D eigenvalue weighted by atomic mass is 10.1. The summed E-state index contributed by atoms with van der Waals surface area (Å²) in [5, 5.41) is -0.0192. The molecule has 156 valence electrons. The van der Waals surface area contributed by atoms with Gasteiger partial charge >= 0.3 is 5.97 Å². The van der Waals surface area contributed by atoms with Crippen molar-refractivity contribution < 1.29 is 19.1 Å². The standard InChI is InChI=1S/C21H17Cl3N2O4/c1-11-8-15(12(2)26(11)13-4-6-14(29-3)7-5-13)17(27)10-30-21(28)20-19(24)18(23)16(22)9-25-20/h4-9H,10H2,1-3H3. The van der Waals surface area contributed by atoms with Crippen LogP contribution in [-0.2, 0) is 4.74 Å². The summed E-state index contributed by atoms with van der Waals surface area (Å²) in [5.74, 6) is -0.484. The van der Waals surface area contributed by atoms with Crippen molar-refractivity contribution in [1.29, 1.82) is 0 Å². The first-order valence-electron chi connectivity index (χ1n) is 8.77. The highest BCUT2D eigenvalue weighted by atomic mass is 35.5. The number of carbonyl (C=O) groups excluding carboxylic acids is 2. The Kier molecular flexibility index (Phi) is 6.71. The zero-order valence-electron chi connectivity index (χ0n) is 16.3. The van der Waals surface area contributed by atoms with E-state index in [1.807, 2.05) is 42.7 Å². The molecule has 9 heteroatoms. The molecule has 0 unspecified atom stereocenters. The maximum atomic E-state index is 12.7. The van der Waals surface area contributed by atoms with E-state index >= 15 is 0 Å². The van der Waals surface area contributed by atoms with Gasteiger partial charge in [-0.25, -0.2) is 9.78 Å². The first-order chi connectivity index (χ1) is 14.2. The summed E-state index contributed by atoms with van der Waals surface area (Å²) in [6.45, 7) is 3.24. The number of carbonyl (C=O) groups is 2. The smallest absolute Gasteiger partial charge is 0.358 e. The van der Waals surface area contributed by atoms with Crippen LogP contribution >= 0.6 is 34.8 Å². The van der Waals surface area contributed by atoms with Gasteiger partial charge in [-0.15, -0.1) is 0 Å². The predicted octanol–water partition coefficient (Wildman–Crippen LogP) is 5.50. The molecule has 0 fully saturated rings. The molecule has 1 aromatic carbocycles. The maximum Gasteiger partial charge on any atom is 0.358 e. The molecule has 30 heavy (non-hydrogen) atoms. The third kappa shape index (κ3) is 4.31. The van der Waals surface area contributed by atoms with E-state index in [4.69, 9.17) is 44.3 Å². The number of aromatic nitrogens is 2. The molecule has 0 aliphatic heterocycles. The number of methoxy groups -OCH3 is 1. The third-order valence-corrected chi connectivity index (χ3v) is 5.75. The molecule has 0 saturated heterocycles. The van der Waals surface area contributed by atoms with Gasteiger partial charge in [-0.3, -0.25) is 4.79 Å². The SMILES string of the molecule is COc1ccc(-n2c(C)cc(C(=O)COC(=O)c3ncc(Cl)c(Cl)c3Cl)c2C)cc1. The third-order valence-electron chi connectivity index (χ3n) is 4.51. The number of hydrogen-bond donors (Lipinski definition) is 0. The molecule has 0 atom stereocenters. The fraction of sp³-hybridized carbons (Fsp3) is 0.190. The van der Waals surface area contributed by atoms with Crippen molar-refractivity contribution in [1.82, 2.24) is 9.55 Å². The van der Waals surface area contributed by atoms with Gasteiger partial charge in [0, 0.05) is 28.8 Å². The first-order valence-corrected chi connectivity index (χ1v) is 9.91. The second-order valence-corrected chi connectivity index (χ2v) is 7.56. The van der Waals surface area contributed by atoms with Gasteiger partial charge in [-0.1, -0.05) is 34.8 Å². The van der Waals surface area contributed by atoms with Crippen LogP contribution < -0.4 is 4.74 Å². The van der Waals surface area contributed by atoms with Crippen LogP contribution in [0, 0.1) is 13.8 Å². The zero-order valence-corrected chi connectivity index (χ0v) is 18.6. The van der Waals surface area contributed by atoms with Crippen LogP contribution in [0.15, 0.2) is 36.5 Å². The topological polar surface area (TPSA) is 70.4 Å². The van der Waals surface area contributed by atoms with E-state index in [9.17, 15) is 9.59 Å². The van der Waals surface area contributed by atoms with Crippen molar-refractivity contribution in [3.8, 4) is 11.4 Å². The number of nitrogens with zero attached hydrogens (tertiary/aromatic N) is 2. The van der Waals surface area contributed by atoms with E-state index < -0.39 is 12.6 Å². The number of ether oxygens (including phenoxy) is 2. The summed E-state index contributed by atoms with van der Waals surface area (Å²) in [6.07, 6.45) is 1.19. The Hall–Kier alpha value is -2.54. The molecule has 2 aromatic heterocycles. The Labute approximate surface area is 188 Å². The number of benzene rings is 1. The number of ketones is 1. The molecule has 0 spiro atoms. The average molecular weight is 468 g/mol. The minimum absolute atomic E-state index is 0.00496. The van der Waals surface area contributed by atoms with Crippen molar-refractivity contribution in [3.05, 3.63) is 74.2 Å². The van der Waals surface area contributed by atoms with Crippen LogP contribution in [0.5, 0.6) is 5.75 Å². The summed E-state index contributed by atoms with van der Waals surface area (Å²) in [4.78, 5) is 28.8. The summed E-state index contributed by atoms with van der Waals surface area (Å²) < 4.78 is 12.2. The summed E-state index contributed by atoms with van der Waals surface area (Å²) >= 11 is 17.7. The van der Waals surface area contributed by atoms with Gasteiger partial charge in [0.15, 0.2) is 12.3 Å². The largest absolute Gasteiger partial charge is 0.497 e. The van der Waals surface area contributed by atoms with Gasteiger partial charge in [0.05, 0.1) is 22.2 Å². The van der Waals surface area contributed by atoms with Crippen molar-refractivity contribution in [2.24, 2.45) is 0 Å². The molecular weight excluding hydrogens is 451 g/mol. The second-order valence-electron chi connectivity index (χ2n) is 6.40. The first kappa shape index (κ1) is 22.2. The molecule has 6 nitrogen and oxygen atoms in total. The highest BCUT2D eigenvalue weighted by Gasteiger charge is 2.22. The molecule has 0 bridgehead atoms. The van der Waals surface area contributed by atoms with E-state index in [-0.39, 0.29) is 26.5 Å². The number of halogens is 3. The zero-order chi connectivity index (χ0) is 22.0. The quantitative estimate of drug-likeness (QED) is 0.354. The van der Waals surface area contributed by atoms with Crippen LogP contribution in [0.4, 0.5) is 0 Å². The van der Waals surface area contributed by atoms with E-state index in [0.717, 1.165) is 22.8 Å². The number of rotatable bonds is 6. The van der Waals surface area contributed by atoms with E-state index in [1.54, 1.807) is 13.2 Å². The van der Waals surface area contributed by atoms with Gasteiger partial charge < -0.3 is 14.0 Å². The van der Waals surface area contributed by atoms with Crippen LogP contribution in [0.1, 0.15) is 32.2 Å². The molecule has 0 radical (unpaired) electrons. The fourth-order valence-corrected chi connectivity index (χ4v) is 3.59. The number of esters is 1. The van der Waals surface area contributed by atoms with Crippen LogP contribution in [0.3, 0.4) is 0 Å². The van der Waals surface area contributed by atoms with E-state index in [2.05, 4.69) is 4.98 Å². The molecule has 0 amide bonds. The molecular formula is C21H17Cl3N2O4. The Morgan fingerprint density at radius 1 is 1.07 bits per heavy atom. The Bertz CT molecular complexity index is 1120. The Balaban J connectivity index is 1.78. The van der Waals surface area contributed by atoms with Gasteiger partial charge in [-0.2, -0.15) is 0 Å². The van der Waals surface area contributed by atoms with Crippen molar-refractivity contribution in [2.45, 2.75) is 13.8 Å². The van der Waals surface area contributed by atoms with E-state index in [1.165, 1.54) is 6.20 Å². The highest BCUT2D eigenvalue weighted by Crippen LogP contribution is 2.31. The van der Waals surface area contributed by atoms with E-state index in [0.29, 0.717) is 5.56 Å². The van der Waals surface area contributed by atoms with Gasteiger partial charge in [0.25, 0.3) is 0 Å². The molecule has 0 aliphatic carbocycles. The lowest BCUT2D eigenvalue weighted by molar-refractivity contribution is 0.0469. The second kappa shape index (κ2) is 9.08. The molecule has 0 saturated carbocycles. The predicted molar refractivity (Wildman–Crippen MR) is 116 cm³/mol. The summed E-state index contributed by atoms with van der Waals surface area (Å²) in [5.41, 5.74) is 2.71. The van der Waals surface area contributed by atoms with Gasteiger partial charge in [0.2, 0.25) is 5.78 Å². The van der Waals surface area contributed by atoms with Crippen molar-refractivity contribution >= 4 is 46.6 Å². The Morgan fingerprint density at radius 3 is 2.37 bits per heavy atom. The summed E-state index contributed by atoms with van der Waals surface area (Å²) in [6, 6.07) is 9.22. The lowest BCUT2D eigenvalue weighted by Crippen LogP contribution is -2.16. The number of hydrogen-bond acceptors (Lipinski definition) is 5. The molecule has 3 rings (SSSR count). The minimum Gasteiger partial charge on any atom is -0.497 e. The van der Waals surface area contributed by atoms with Crippen molar-refractivity contribution in [3.63, 3.8) is 0 Å². The number of Topliss-reactive ketones (excluding diaryl/α,β-unsaturated/α-hetero) is 1. The maximum absolute atomic E-state index is 12.7. The van der Waals surface area contributed by atoms with Crippen molar-refractivity contribution in [2.75, 3.05) is 13.7 Å².